The number of anilines is 1. The normalized spacial score (nSPS) is 18.9. The Morgan fingerprint density at radius 3 is 2.82 bits per heavy atom. The molecule has 22 heavy (non-hydrogen) atoms. The van der Waals surface area contributed by atoms with Crippen molar-refractivity contribution in [3.63, 3.8) is 0 Å². The van der Waals surface area contributed by atoms with Crippen LogP contribution in [0.15, 0.2) is 35.5 Å². The lowest BCUT2D eigenvalue weighted by molar-refractivity contribution is 0.528. The molecule has 3 rings (SSSR count). The third kappa shape index (κ3) is 2.53. The number of allylic oxidation sites excluding steroid dienone is 3. The van der Waals surface area contributed by atoms with Gasteiger partial charge in [-0.15, -0.1) is 11.3 Å². The Morgan fingerprint density at radius 1 is 1.36 bits per heavy atom. The molecule has 6 nitrogen and oxygen atoms in total. The molecule has 2 heterocycles. The molecule has 0 aromatic carbocycles. The van der Waals surface area contributed by atoms with E-state index in [-0.39, 0.29) is 5.92 Å². The fraction of sp³-hybridized carbons (Fsp3) is 0.286. The van der Waals surface area contributed by atoms with Crippen LogP contribution in [0.2, 0.25) is 0 Å². The van der Waals surface area contributed by atoms with Gasteiger partial charge in [0.2, 0.25) is 10.0 Å². The monoisotopic (exact) mass is 336 g/mol. The fourth-order valence-electron chi connectivity index (χ4n) is 2.31. The smallest absolute Gasteiger partial charge is 0.242 e. The van der Waals surface area contributed by atoms with E-state index in [9.17, 15) is 8.42 Å². The van der Waals surface area contributed by atoms with Crippen LogP contribution in [0.1, 0.15) is 17.2 Å². The summed E-state index contributed by atoms with van der Waals surface area (Å²) in [5.41, 5.74) is 6.66. The average molecular weight is 336 g/mol. The maximum absolute atomic E-state index is 12.3. The molecule has 0 bridgehead atoms. The first-order valence-corrected chi connectivity index (χ1v) is 8.96. The Morgan fingerprint density at radius 2 is 2.14 bits per heavy atom. The van der Waals surface area contributed by atoms with Crippen LogP contribution in [-0.2, 0) is 10.0 Å². The second-order valence-corrected chi connectivity index (χ2v) is 8.46. The number of nitrogens with two attached hydrogens (primary N) is 1. The van der Waals surface area contributed by atoms with Crippen LogP contribution in [0.25, 0.3) is 10.2 Å². The molecule has 2 aromatic heterocycles. The van der Waals surface area contributed by atoms with Gasteiger partial charge in [0.05, 0.1) is 15.1 Å². The van der Waals surface area contributed by atoms with Gasteiger partial charge in [0.1, 0.15) is 12.1 Å². The van der Waals surface area contributed by atoms with Gasteiger partial charge in [-0.3, -0.25) is 0 Å². The number of hydrogen-bond donors (Lipinski definition) is 1. The first kappa shape index (κ1) is 15.1. The van der Waals surface area contributed by atoms with Gasteiger partial charge in [0.15, 0.2) is 0 Å². The predicted octanol–water partition coefficient (Wildman–Crippen LogP) is 2.09. The van der Waals surface area contributed by atoms with E-state index in [0.717, 1.165) is 21.5 Å². The Hall–Kier alpha value is -1.77. The molecule has 2 aromatic rings. The highest BCUT2D eigenvalue weighted by Gasteiger charge is 2.24. The molecule has 0 amide bonds. The molecule has 0 saturated carbocycles. The zero-order valence-electron chi connectivity index (χ0n) is 12.2. The van der Waals surface area contributed by atoms with Crippen molar-refractivity contribution >= 4 is 37.4 Å². The molecule has 2 N–H and O–H groups in total. The molecule has 0 spiro atoms. The van der Waals surface area contributed by atoms with E-state index in [1.807, 2.05) is 12.1 Å². The van der Waals surface area contributed by atoms with E-state index in [4.69, 9.17) is 5.73 Å². The van der Waals surface area contributed by atoms with Crippen LogP contribution in [-0.4, -0.2) is 36.8 Å². The third-order valence-corrected chi connectivity index (χ3v) is 6.65. The minimum absolute atomic E-state index is 0.00771. The van der Waals surface area contributed by atoms with Gasteiger partial charge in [-0.1, -0.05) is 12.2 Å². The summed E-state index contributed by atoms with van der Waals surface area (Å²) in [5, 5.41) is 0. The maximum Gasteiger partial charge on any atom is 0.242 e. The molecule has 116 valence electrons. The van der Waals surface area contributed by atoms with Gasteiger partial charge < -0.3 is 5.73 Å². The van der Waals surface area contributed by atoms with Gasteiger partial charge in [0, 0.05) is 24.9 Å². The summed E-state index contributed by atoms with van der Waals surface area (Å²) in [6.45, 7) is 0. The summed E-state index contributed by atoms with van der Waals surface area (Å²) >= 11 is 1.51. The number of rotatable bonds is 3. The molecular weight excluding hydrogens is 320 g/mol. The number of sulfonamides is 1. The number of nitrogen functional groups attached to an aromatic ring is 1. The Kier molecular flexibility index (Phi) is 3.75. The lowest BCUT2D eigenvalue weighted by atomic mass is 9.99. The first-order valence-electron chi connectivity index (χ1n) is 6.70. The molecule has 0 radical (unpaired) electrons. The van der Waals surface area contributed by atoms with Crippen molar-refractivity contribution in [2.24, 2.45) is 0 Å². The second kappa shape index (κ2) is 5.45. The Labute approximate surface area is 133 Å². The van der Waals surface area contributed by atoms with E-state index >= 15 is 0 Å². The minimum Gasteiger partial charge on any atom is -0.382 e. The highest BCUT2D eigenvalue weighted by Crippen LogP contribution is 2.37. The van der Waals surface area contributed by atoms with Gasteiger partial charge >= 0.3 is 0 Å². The van der Waals surface area contributed by atoms with Crippen LogP contribution in [0, 0.1) is 0 Å². The molecule has 1 unspecified atom stereocenters. The zero-order valence-corrected chi connectivity index (χ0v) is 13.9. The van der Waals surface area contributed by atoms with E-state index in [0.29, 0.717) is 10.7 Å². The summed E-state index contributed by atoms with van der Waals surface area (Å²) in [6.07, 6.45) is 7.54. The Balaban J connectivity index is 2.03. The molecule has 8 heteroatoms. The second-order valence-electron chi connectivity index (χ2n) is 5.22. The van der Waals surface area contributed by atoms with Crippen molar-refractivity contribution in [3.8, 4) is 0 Å². The van der Waals surface area contributed by atoms with E-state index < -0.39 is 10.0 Å². The van der Waals surface area contributed by atoms with Crippen LogP contribution >= 0.6 is 11.3 Å². The van der Waals surface area contributed by atoms with Crippen molar-refractivity contribution in [3.05, 3.63) is 40.4 Å². The largest absolute Gasteiger partial charge is 0.382 e. The number of fused-ring (bicyclic) bond motifs is 1. The molecule has 0 saturated heterocycles. The van der Waals surface area contributed by atoms with Crippen molar-refractivity contribution in [1.29, 1.82) is 0 Å². The van der Waals surface area contributed by atoms with Crippen LogP contribution < -0.4 is 5.73 Å². The van der Waals surface area contributed by atoms with Gasteiger partial charge in [-0.25, -0.2) is 22.7 Å². The van der Waals surface area contributed by atoms with E-state index in [2.05, 4.69) is 9.97 Å². The van der Waals surface area contributed by atoms with Crippen molar-refractivity contribution in [2.75, 3.05) is 19.8 Å². The van der Waals surface area contributed by atoms with Gasteiger partial charge in [-0.2, -0.15) is 0 Å². The molecular formula is C14H16N4O2S2. The van der Waals surface area contributed by atoms with Gasteiger partial charge in [0.25, 0.3) is 0 Å². The lowest BCUT2D eigenvalue weighted by Crippen LogP contribution is -2.24. The highest BCUT2D eigenvalue weighted by molar-refractivity contribution is 7.93. The fourth-order valence-corrected chi connectivity index (χ4v) is 4.43. The van der Waals surface area contributed by atoms with E-state index in [1.54, 1.807) is 12.2 Å². The lowest BCUT2D eigenvalue weighted by Gasteiger charge is -2.18. The number of hydrogen-bond acceptors (Lipinski definition) is 6. The summed E-state index contributed by atoms with van der Waals surface area (Å²) in [5.74, 6) is 0.464. The summed E-state index contributed by atoms with van der Waals surface area (Å²) in [7, 11) is -0.357. The van der Waals surface area contributed by atoms with Crippen molar-refractivity contribution in [2.45, 2.75) is 12.3 Å². The van der Waals surface area contributed by atoms with Crippen molar-refractivity contribution in [1.82, 2.24) is 14.3 Å². The first-order chi connectivity index (χ1) is 10.4. The predicted molar refractivity (Wildman–Crippen MR) is 89.0 cm³/mol. The molecule has 0 fully saturated rings. The SMILES string of the molecule is CN(C)S(=O)(=O)C1=CC(c2cc3ncnc(N)c3s2)CC=C1. The molecule has 1 atom stereocenters. The zero-order chi connectivity index (χ0) is 15.9. The maximum atomic E-state index is 12.3. The van der Waals surface area contributed by atoms with Crippen LogP contribution in [0.3, 0.4) is 0 Å². The number of thiophene rings is 1. The van der Waals surface area contributed by atoms with Crippen LogP contribution in [0.5, 0.6) is 0 Å². The average Bonchev–Trinajstić information content (AvgIpc) is 2.93. The third-order valence-electron chi connectivity index (χ3n) is 3.54. The van der Waals surface area contributed by atoms with Gasteiger partial charge in [-0.05, 0) is 18.6 Å². The summed E-state index contributed by atoms with van der Waals surface area (Å²) in [4.78, 5) is 9.56. The summed E-state index contributed by atoms with van der Waals surface area (Å²) in [6, 6.07) is 1.96. The number of aromatic nitrogens is 2. The molecule has 0 aliphatic heterocycles. The number of nitrogens with zero attached hydrogens (tertiary/aromatic N) is 3. The quantitative estimate of drug-likeness (QED) is 0.927. The molecule has 1 aliphatic rings. The van der Waals surface area contributed by atoms with E-state index in [1.165, 1.54) is 36.1 Å². The molecule has 1 aliphatic carbocycles. The minimum atomic E-state index is -3.42. The Bertz CT molecular complexity index is 881. The standard InChI is InChI=1S/C14H16N4O2S2/c1-18(2)22(19,20)10-5-3-4-9(6-10)12-7-11-13(21-12)14(15)17-8-16-11/h3,5-9H,4H2,1-2H3,(H2,15,16,17). The topological polar surface area (TPSA) is 89.2 Å². The van der Waals surface area contributed by atoms with Crippen molar-refractivity contribution < 1.29 is 8.42 Å². The highest BCUT2D eigenvalue weighted by atomic mass is 32.2. The van der Waals surface area contributed by atoms with Crippen LogP contribution in [0.4, 0.5) is 5.82 Å². The summed E-state index contributed by atoms with van der Waals surface area (Å²) < 4.78 is 26.6.